The molecule has 0 bridgehead atoms. The smallest absolute Gasteiger partial charge is 0.261 e. The van der Waals surface area contributed by atoms with Crippen LogP contribution in [0.25, 0.3) is 10.8 Å². The number of imide groups is 2. The summed E-state index contributed by atoms with van der Waals surface area (Å²) >= 11 is 0. The second-order valence-electron chi connectivity index (χ2n) is 10.2. The van der Waals surface area contributed by atoms with Gasteiger partial charge < -0.3 is 0 Å². The van der Waals surface area contributed by atoms with E-state index in [9.17, 15) is 19.2 Å². The summed E-state index contributed by atoms with van der Waals surface area (Å²) in [4.78, 5) is 56.6. The standard InChI is InChI=1S/C26H26N2O4/c1-13-3-5-15(11-13)27-23(29)17-7-9-19-22-20(10-8-18(21(17)22)24(27)30)26(32)28(25(19)31)16-6-4-14(2)12-16/h7-10,13-16H,3-6,11-12H2,1-2H3. The van der Waals surface area contributed by atoms with Gasteiger partial charge in [0.25, 0.3) is 23.6 Å². The third-order valence-electron chi connectivity index (χ3n) is 8.02. The normalized spacial score (nSPS) is 29.6. The zero-order valence-electron chi connectivity index (χ0n) is 18.4. The molecule has 2 aromatic carbocycles. The van der Waals surface area contributed by atoms with Crippen molar-refractivity contribution in [3.8, 4) is 0 Å². The minimum atomic E-state index is -0.308. The molecule has 6 rings (SSSR count). The average molecular weight is 431 g/mol. The summed E-state index contributed by atoms with van der Waals surface area (Å²) in [6, 6.07) is 6.51. The van der Waals surface area contributed by atoms with Crippen molar-refractivity contribution in [2.45, 2.75) is 64.5 Å². The Morgan fingerprint density at radius 2 is 0.875 bits per heavy atom. The fraction of sp³-hybridized carbons (Fsp3) is 0.462. The van der Waals surface area contributed by atoms with Crippen LogP contribution in [0.1, 0.15) is 93.8 Å². The van der Waals surface area contributed by atoms with E-state index in [4.69, 9.17) is 0 Å². The molecule has 0 aromatic heterocycles. The lowest BCUT2D eigenvalue weighted by Gasteiger charge is -2.35. The van der Waals surface area contributed by atoms with E-state index in [0.29, 0.717) is 44.9 Å². The summed E-state index contributed by atoms with van der Waals surface area (Å²) in [5, 5.41) is 0.942. The van der Waals surface area contributed by atoms with Crippen LogP contribution in [-0.2, 0) is 0 Å². The number of rotatable bonds is 2. The average Bonchev–Trinajstić information content (AvgIpc) is 3.39. The molecule has 2 fully saturated rings. The van der Waals surface area contributed by atoms with Crippen molar-refractivity contribution >= 4 is 34.4 Å². The van der Waals surface area contributed by atoms with Gasteiger partial charge in [0, 0.05) is 45.1 Å². The van der Waals surface area contributed by atoms with Crippen molar-refractivity contribution in [2.75, 3.05) is 0 Å². The Labute approximate surface area is 186 Å². The van der Waals surface area contributed by atoms with Gasteiger partial charge in [-0.25, -0.2) is 0 Å². The van der Waals surface area contributed by atoms with E-state index in [1.54, 1.807) is 24.3 Å². The Morgan fingerprint density at radius 3 is 1.12 bits per heavy atom. The van der Waals surface area contributed by atoms with Crippen molar-refractivity contribution in [3.05, 3.63) is 46.5 Å². The van der Waals surface area contributed by atoms with E-state index in [0.717, 1.165) is 38.5 Å². The summed E-state index contributed by atoms with van der Waals surface area (Å²) in [6.07, 6.45) is 5.27. The highest BCUT2D eigenvalue weighted by molar-refractivity contribution is 6.33. The predicted molar refractivity (Wildman–Crippen MR) is 119 cm³/mol. The Kier molecular flexibility index (Phi) is 4.14. The van der Waals surface area contributed by atoms with E-state index in [1.165, 1.54) is 9.80 Å². The molecule has 2 saturated carbocycles. The van der Waals surface area contributed by atoms with Gasteiger partial charge in [0.1, 0.15) is 0 Å². The van der Waals surface area contributed by atoms with Gasteiger partial charge in [-0.3, -0.25) is 29.0 Å². The number of nitrogens with zero attached hydrogens (tertiary/aromatic N) is 2. The number of amides is 4. The van der Waals surface area contributed by atoms with Crippen LogP contribution < -0.4 is 0 Å². The van der Waals surface area contributed by atoms with Crippen LogP contribution in [0.2, 0.25) is 0 Å². The van der Waals surface area contributed by atoms with Crippen LogP contribution in [0, 0.1) is 11.8 Å². The maximum Gasteiger partial charge on any atom is 0.261 e. The van der Waals surface area contributed by atoms with Gasteiger partial charge in [0.15, 0.2) is 0 Å². The van der Waals surface area contributed by atoms with E-state index >= 15 is 0 Å². The maximum absolute atomic E-state index is 13.4. The van der Waals surface area contributed by atoms with Gasteiger partial charge in [0.2, 0.25) is 0 Å². The van der Waals surface area contributed by atoms with E-state index in [-0.39, 0.29) is 35.7 Å². The molecule has 6 nitrogen and oxygen atoms in total. The molecule has 0 spiro atoms. The summed E-state index contributed by atoms with van der Waals surface area (Å²) in [7, 11) is 0. The minimum Gasteiger partial charge on any atom is -0.271 e. The molecule has 2 aliphatic heterocycles. The van der Waals surface area contributed by atoms with E-state index in [1.807, 2.05) is 0 Å². The van der Waals surface area contributed by atoms with E-state index < -0.39 is 0 Å². The summed E-state index contributed by atoms with van der Waals surface area (Å²) in [5.74, 6) is -0.266. The largest absolute Gasteiger partial charge is 0.271 e. The van der Waals surface area contributed by atoms with Gasteiger partial charge in [-0.15, -0.1) is 0 Å². The highest BCUT2D eigenvalue weighted by Gasteiger charge is 2.44. The second kappa shape index (κ2) is 6.74. The predicted octanol–water partition coefficient (Wildman–Crippen LogP) is 4.41. The SMILES string of the molecule is CC1CCC(N2C(=O)c3ccc4c5c(ccc(c35)C2=O)C(=O)N(C2CCC(C)C2)C4=O)C1. The Hall–Kier alpha value is -3.02. The topological polar surface area (TPSA) is 74.8 Å². The lowest BCUT2D eigenvalue weighted by Crippen LogP contribution is -2.48. The molecule has 0 radical (unpaired) electrons. The number of carbonyl (C=O) groups excluding carboxylic acids is 4. The molecule has 4 amide bonds. The Morgan fingerprint density at radius 1 is 0.562 bits per heavy atom. The summed E-state index contributed by atoms with van der Waals surface area (Å²) in [6.45, 7) is 4.29. The molecular weight excluding hydrogens is 404 g/mol. The van der Waals surface area contributed by atoms with Crippen LogP contribution in [0.4, 0.5) is 0 Å². The van der Waals surface area contributed by atoms with Gasteiger partial charge in [-0.2, -0.15) is 0 Å². The van der Waals surface area contributed by atoms with Gasteiger partial charge in [-0.05, 0) is 74.6 Å². The second-order valence-corrected chi connectivity index (χ2v) is 10.2. The van der Waals surface area contributed by atoms with Crippen LogP contribution >= 0.6 is 0 Å². The van der Waals surface area contributed by atoms with Gasteiger partial charge in [0.05, 0.1) is 0 Å². The zero-order valence-corrected chi connectivity index (χ0v) is 18.4. The lowest BCUT2D eigenvalue weighted by molar-refractivity contribution is 0.0517. The molecule has 0 N–H and O–H groups in total. The van der Waals surface area contributed by atoms with Gasteiger partial charge >= 0.3 is 0 Å². The van der Waals surface area contributed by atoms with Crippen molar-refractivity contribution in [2.24, 2.45) is 11.8 Å². The molecule has 2 aliphatic carbocycles. The first-order valence-electron chi connectivity index (χ1n) is 11.7. The number of hydrogen-bond acceptors (Lipinski definition) is 4. The number of hydrogen-bond donors (Lipinski definition) is 0. The first-order valence-corrected chi connectivity index (χ1v) is 11.7. The van der Waals surface area contributed by atoms with Crippen molar-refractivity contribution < 1.29 is 19.2 Å². The Balaban J connectivity index is 1.50. The van der Waals surface area contributed by atoms with Crippen LogP contribution in [0.15, 0.2) is 24.3 Å². The third kappa shape index (κ3) is 2.52. The molecule has 4 unspecified atom stereocenters. The van der Waals surface area contributed by atoms with Crippen molar-refractivity contribution in [1.82, 2.24) is 9.80 Å². The summed E-state index contributed by atoms with van der Waals surface area (Å²) < 4.78 is 0. The molecule has 4 aliphatic rings. The zero-order chi connectivity index (χ0) is 22.3. The Bertz CT molecular complexity index is 1070. The molecule has 32 heavy (non-hydrogen) atoms. The fourth-order valence-electron chi connectivity index (χ4n) is 6.40. The fourth-order valence-corrected chi connectivity index (χ4v) is 6.40. The molecule has 0 saturated heterocycles. The molecule has 4 atom stereocenters. The lowest BCUT2D eigenvalue weighted by atomic mass is 9.85. The molecular formula is C26H26N2O4. The molecule has 164 valence electrons. The monoisotopic (exact) mass is 430 g/mol. The van der Waals surface area contributed by atoms with Crippen LogP contribution in [0.3, 0.4) is 0 Å². The molecule has 2 aromatic rings. The quantitative estimate of drug-likeness (QED) is 0.662. The highest BCUT2D eigenvalue weighted by Crippen LogP contribution is 2.42. The third-order valence-corrected chi connectivity index (χ3v) is 8.02. The summed E-state index contributed by atoms with van der Waals surface area (Å²) in [5.41, 5.74) is 1.68. The minimum absolute atomic E-state index is 0.0939. The van der Waals surface area contributed by atoms with E-state index in [2.05, 4.69) is 13.8 Å². The molecule has 2 heterocycles. The number of benzene rings is 2. The maximum atomic E-state index is 13.4. The van der Waals surface area contributed by atoms with Crippen molar-refractivity contribution in [1.29, 1.82) is 0 Å². The van der Waals surface area contributed by atoms with Crippen LogP contribution in [0.5, 0.6) is 0 Å². The molecule has 6 heteroatoms. The van der Waals surface area contributed by atoms with Crippen LogP contribution in [-0.4, -0.2) is 45.5 Å². The first kappa shape index (κ1) is 19.6. The van der Waals surface area contributed by atoms with Crippen molar-refractivity contribution in [3.63, 3.8) is 0 Å². The first-order chi connectivity index (χ1) is 15.4. The highest BCUT2D eigenvalue weighted by atomic mass is 16.2. The van der Waals surface area contributed by atoms with Gasteiger partial charge in [-0.1, -0.05) is 13.8 Å². The number of carbonyl (C=O) groups is 4.